The fourth-order valence-electron chi connectivity index (χ4n) is 1.83. The number of hydrogen-bond donors (Lipinski definition) is 1. The van der Waals surface area contributed by atoms with Gasteiger partial charge in [0.15, 0.2) is 0 Å². The molecule has 2 aromatic carbocycles. The molecule has 0 saturated heterocycles. The van der Waals surface area contributed by atoms with Crippen LogP contribution in [0.3, 0.4) is 0 Å². The fourth-order valence-corrected chi connectivity index (χ4v) is 1.83. The van der Waals surface area contributed by atoms with E-state index >= 15 is 0 Å². The van der Waals surface area contributed by atoms with Gasteiger partial charge in [0.05, 0.1) is 0 Å². The van der Waals surface area contributed by atoms with Crippen LogP contribution in [0.2, 0.25) is 0 Å². The molecule has 0 amide bonds. The third-order valence-corrected chi connectivity index (χ3v) is 2.85. The Kier molecular flexibility index (Phi) is 3.97. The molecular weight excluding hydrogens is 250 g/mol. The van der Waals surface area contributed by atoms with Gasteiger partial charge in [0.2, 0.25) is 5.78 Å². The number of phenols is 1. The van der Waals surface area contributed by atoms with Gasteiger partial charge in [-0.1, -0.05) is 35.9 Å². The van der Waals surface area contributed by atoms with Gasteiger partial charge in [0.1, 0.15) is 17.4 Å². The van der Waals surface area contributed by atoms with Crippen molar-refractivity contribution in [2.45, 2.75) is 6.92 Å². The largest absolute Gasteiger partial charge is 0.508 e. The first kappa shape index (κ1) is 13.6. The molecule has 0 aliphatic heterocycles. The second-order valence-corrected chi connectivity index (χ2v) is 4.46. The number of benzene rings is 2. The highest BCUT2D eigenvalue weighted by Crippen LogP contribution is 2.16. The molecule has 3 heteroatoms. The van der Waals surface area contributed by atoms with Crippen molar-refractivity contribution in [2.24, 2.45) is 0 Å². The number of aromatic hydroxyl groups is 1. The summed E-state index contributed by atoms with van der Waals surface area (Å²) in [5.41, 5.74) is 2.23. The van der Waals surface area contributed by atoms with Crippen LogP contribution in [0, 0.1) is 18.3 Å². The van der Waals surface area contributed by atoms with Gasteiger partial charge in [-0.2, -0.15) is 5.26 Å². The number of ketones is 1. The highest BCUT2D eigenvalue weighted by molar-refractivity contribution is 6.14. The summed E-state index contributed by atoms with van der Waals surface area (Å²) in [5, 5.41) is 18.4. The lowest BCUT2D eigenvalue weighted by Crippen LogP contribution is -2.02. The molecule has 2 rings (SSSR count). The van der Waals surface area contributed by atoms with E-state index in [0.29, 0.717) is 11.1 Å². The number of nitrogens with zero attached hydrogens (tertiary/aromatic N) is 1. The molecule has 0 heterocycles. The summed E-state index contributed by atoms with van der Waals surface area (Å²) in [6.07, 6.45) is 1.52. The zero-order chi connectivity index (χ0) is 14.5. The first-order valence-corrected chi connectivity index (χ1v) is 6.12. The number of phenolic OH excluding ortho intramolecular Hbond substituents is 1. The minimum absolute atomic E-state index is 0.0706. The van der Waals surface area contributed by atoms with Crippen molar-refractivity contribution in [3.63, 3.8) is 0 Å². The van der Waals surface area contributed by atoms with E-state index < -0.39 is 0 Å². The number of hydrogen-bond acceptors (Lipinski definition) is 3. The van der Waals surface area contributed by atoms with Gasteiger partial charge >= 0.3 is 0 Å². The molecule has 0 spiro atoms. The van der Waals surface area contributed by atoms with Crippen molar-refractivity contribution >= 4 is 11.9 Å². The average Bonchev–Trinajstić information content (AvgIpc) is 2.46. The Morgan fingerprint density at radius 2 is 1.90 bits per heavy atom. The van der Waals surface area contributed by atoms with Crippen molar-refractivity contribution < 1.29 is 9.90 Å². The molecule has 0 aliphatic rings. The van der Waals surface area contributed by atoms with E-state index in [-0.39, 0.29) is 17.1 Å². The predicted molar refractivity (Wildman–Crippen MR) is 77.2 cm³/mol. The third-order valence-electron chi connectivity index (χ3n) is 2.85. The van der Waals surface area contributed by atoms with Gasteiger partial charge in [-0.15, -0.1) is 0 Å². The van der Waals surface area contributed by atoms with Crippen LogP contribution in [0.15, 0.2) is 54.1 Å². The molecule has 0 aromatic heterocycles. The maximum absolute atomic E-state index is 12.3. The van der Waals surface area contributed by atoms with Gasteiger partial charge in [0, 0.05) is 5.56 Å². The summed E-state index contributed by atoms with van der Waals surface area (Å²) >= 11 is 0. The van der Waals surface area contributed by atoms with Gasteiger partial charge in [0.25, 0.3) is 0 Å². The summed E-state index contributed by atoms with van der Waals surface area (Å²) in [4.78, 5) is 12.3. The molecule has 3 nitrogen and oxygen atoms in total. The molecule has 0 unspecified atom stereocenters. The number of rotatable bonds is 3. The first-order valence-electron chi connectivity index (χ1n) is 6.12. The van der Waals surface area contributed by atoms with E-state index in [1.165, 1.54) is 18.2 Å². The standard InChI is InChI=1S/C17H13NO2/c1-12-3-2-4-14(9-12)17(20)15(11-18)10-13-5-7-16(19)8-6-13/h2-10,19H,1H3/b15-10-. The van der Waals surface area contributed by atoms with Crippen LogP contribution < -0.4 is 0 Å². The van der Waals surface area contributed by atoms with Gasteiger partial charge in [-0.3, -0.25) is 4.79 Å². The molecular formula is C17H13NO2. The molecule has 0 bridgehead atoms. The summed E-state index contributed by atoms with van der Waals surface area (Å²) in [7, 11) is 0. The van der Waals surface area contributed by atoms with Crippen molar-refractivity contribution in [1.82, 2.24) is 0 Å². The molecule has 0 saturated carbocycles. The van der Waals surface area contributed by atoms with Crippen molar-refractivity contribution in [3.05, 3.63) is 70.8 Å². The predicted octanol–water partition coefficient (Wildman–Crippen LogP) is 3.49. The summed E-state index contributed by atoms with van der Waals surface area (Å²) < 4.78 is 0. The summed E-state index contributed by atoms with van der Waals surface area (Å²) in [6, 6.07) is 15.4. The topological polar surface area (TPSA) is 61.1 Å². The Labute approximate surface area is 117 Å². The number of carbonyl (C=O) groups is 1. The lowest BCUT2D eigenvalue weighted by molar-refractivity contribution is 0.104. The van der Waals surface area contributed by atoms with Crippen molar-refractivity contribution in [1.29, 1.82) is 5.26 Å². The summed E-state index contributed by atoms with van der Waals surface area (Å²) in [6.45, 7) is 1.90. The SMILES string of the molecule is Cc1cccc(C(=O)/C(C#N)=C\c2ccc(O)cc2)c1. The number of nitriles is 1. The van der Waals surface area contributed by atoms with E-state index in [0.717, 1.165) is 5.56 Å². The molecule has 1 N–H and O–H groups in total. The second-order valence-electron chi connectivity index (χ2n) is 4.46. The Morgan fingerprint density at radius 3 is 2.50 bits per heavy atom. The van der Waals surface area contributed by atoms with Crippen LogP contribution in [0.1, 0.15) is 21.5 Å². The Hall–Kier alpha value is -2.86. The van der Waals surface area contributed by atoms with E-state index in [1.807, 2.05) is 19.1 Å². The van der Waals surface area contributed by atoms with E-state index in [1.54, 1.807) is 30.3 Å². The van der Waals surface area contributed by atoms with Crippen LogP contribution >= 0.6 is 0 Å². The highest BCUT2D eigenvalue weighted by Gasteiger charge is 2.12. The molecule has 20 heavy (non-hydrogen) atoms. The molecule has 0 radical (unpaired) electrons. The number of carbonyl (C=O) groups excluding carboxylic acids is 1. The lowest BCUT2D eigenvalue weighted by Gasteiger charge is -2.01. The first-order chi connectivity index (χ1) is 9.60. The average molecular weight is 263 g/mol. The smallest absolute Gasteiger partial charge is 0.203 e. The zero-order valence-electron chi connectivity index (χ0n) is 11.0. The van der Waals surface area contributed by atoms with Crippen LogP contribution in [0.25, 0.3) is 6.08 Å². The maximum atomic E-state index is 12.3. The quantitative estimate of drug-likeness (QED) is 0.524. The van der Waals surface area contributed by atoms with Crippen molar-refractivity contribution in [2.75, 3.05) is 0 Å². The number of aryl methyl sites for hydroxylation is 1. The van der Waals surface area contributed by atoms with E-state index in [9.17, 15) is 9.90 Å². The van der Waals surface area contributed by atoms with Crippen molar-refractivity contribution in [3.8, 4) is 11.8 Å². The van der Waals surface area contributed by atoms with Crippen LogP contribution in [0.4, 0.5) is 0 Å². The number of allylic oxidation sites excluding steroid dienone is 1. The maximum Gasteiger partial charge on any atom is 0.203 e. The second kappa shape index (κ2) is 5.85. The van der Waals surface area contributed by atoms with Gasteiger partial charge < -0.3 is 5.11 Å². The Morgan fingerprint density at radius 1 is 1.20 bits per heavy atom. The normalized spacial score (nSPS) is 10.9. The number of Topliss-reactive ketones (excluding diaryl/α,β-unsaturated/α-hetero) is 1. The molecule has 98 valence electrons. The van der Waals surface area contributed by atoms with Crippen LogP contribution in [0.5, 0.6) is 5.75 Å². The molecule has 0 atom stereocenters. The van der Waals surface area contributed by atoms with Crippen LogP contribution in [-0.2, 0) is 0 Å². The van der Waals surface area contributed by atoms with E-state index in [2.05, 4.69) is 0 Å². The molecule has 2 aromatic rings. The van der Waals surface area contributed by atoms with Gasteiger partial charge in [-0.25, -0.2) is 0 Å². The monoisotopic (exact) mass is 263 g/mol. The summed E-state index contributed by atoms with van der Waals surface area (Å²) in [5.74, 6) is -0.157. The molecule has 0 aliphatic carbocycles. The molecule has 0 fully saturated rings. The van der Waals surface area contributed by atoms with Crippen LogP contribution in [-0.4, -0.2) is 10.9 Å². The Balaban J connectivity index is 2.35. The fraction of sp³-hybridized carbons (Fsp3) is 0.0588. The minimum atomic E-state index is -0.302. The lowest BCUT2D eigenvalue weighted by atomic mass is 10.0. The minimum Gasteiger partial charge on any atom is -0.508 e. The zero-order valence-corrected chi connectivity index (χ0v) is 11.0. The van der Waals surface area contributed by atoms with Gasteiger partial charge in [-0.05, 0) is 36.8 Å². The highest BCUT2D eigenvalue weighted by atomic mass is 16.3. The Bertz CT molecular complexity index is 707. The van der Waals surface area contributed by atoms with E-state index in [4.69, 9.17) is 5.26 Å². The third kappa shape index (κ3) is 3.12.